The van der Waals surface area contributed by atoms with E-state index in [-0.39, 0.29) is 0 Å². The Kier molecular flexibility index (Phi) is 6.90. The molecule has 0 unspecified atom stereocenters. The molecule has 1 aromatic rings. The summed E-state index contributed by atoms with van der Waals surface area (Å²) < 4.78 is 17.0. The van der Waals surface area contributed by atoms with Gasteiger partial charge in [0.25, 0.3) is 0 Å². The van der Waals surface area contributed by atoms with Gasteiger partial charge < -0.3 is 0 Å². The van der Waals surface area contributed by atoms with Gasteiger partial charge in [-0.25, -0.2) is 0 Å². The van der Waals surface area contributed by atoms with Crippen molar-refractivity contribution in [1.29, 1.82) is 0 Å². The largest absolute Gasteiger partial charge is 0.253 e. The first-order valence-electron chi connectivity index (χ1n) is 1.73. The zero-order chi connectivity index (χ0) is 6.24. The van der Waals surface area contributed by atoms with Crippen molar-refractivity contribution in [2.75, 3.05) is 0 Å². The summed E-state index contributed by atoms with van der Waals surface area (Å²) in [6.07, 6.45) is 1.77. The monoisotopic (exact) mass is 165 g/mol. The fourth-order valence-electron chi connectivity index (χ4n) is 0.176. The molecule has 5 heteroatoms. The van der Waals surface area contributed by atoms with Crippen LogP contribution in [0.25, 0.3) is 0 Å². The Morgan fingerprint density at radius 3 is 2.25 bits per heavy atom. The molecule has 0 aliphatic heterocycles. The molecule has 0 aromatic carbocycles. The first kappa shape index (κ1) is 7.94. The summed E-state index contributed by atoms with van der Waals surface area (Å²) in [5.74, 6) is 0. The average Bonchev–Trinajstić information content (AvgIpc) is 2.17. The summed E-state index contributed by atoms with van der Waals surface area (Å²) in [7, 11) is 0. The molecule has 0 saturated heterocycles. The predicted molar refractivity (Wildman–Crippen MR) is 23.5 cm³/mol. The number of aromatic nitrogens is 1. The van der Waals surface area contributed by atoms with Crippen molar-refractivity contribution in [1.82, 2.24) is 4.98 Å². The van der Waals surface area contributed by atoms with Crippen molar-refractivity contribution in [3.8, 4) is 0 Å². The maximum Gasteiger partial charge on any atom is 0.0791 e. The van der Waals surface area contributed by atoms with Crippen LogP contribution < -0.4 is 0 Å². The van der Waals surface area contributed by atoms with Gasteiger partial charge >= 0.3 is 25.7 Å². The molecule has 0 aliphatic rings. The number of rotatable bonds is 0. The maximum absolute atomic E-state index is 8.50. The third kappa shape index (κ3) is 5.94. The SMILES string of the molecule is [O]=[Ti]=[O].c1cscn1. The molecule has 0 N–H and O–H groups in total. The van der Waals surface area contributed by atoms with Crippen LogP contribution in [0.1, 0.15) is 0 Å². The molecule has 0 bridgehead atoms. The van der Waals surface area contributed by atoms with Gasteiger partial charge in [0, 0.05) is 11.6 Å². The van der Waals surface area contributed by atoms with Crippen LogP contribution in [0.2, 0.25) is 0 Å². The molecular formula is C3H3NO2STi. The Morgan fingerprint density at radius 2 is 2.12 bits per heavy atom. The van der Waals surface area contributed by atoms with Gasteiger partial charge in [0.2, 0.25) is 0 Å². The van der Waals surface area contributed by atoms with Gasteiger partial charge in [0.05, 0.1) is 5.51 Å². The van der Waals surface area contributed by atoms with Crippen LogP contribution in [0.15, 0.2) is 17.1 Å². The molecule has 0 spiro atoms. The van der Waals surface area contributed by atoms with Crippen LogP contribution in [-0.2, 0) is 25.7 Å². The normalized spacial score (nSPS) is 6.00. The molecule has 0 amide bonds. The van der Waals surface area contributed by atoms with Crippen LogP contribution in [0.3, 0.4) is 0 Å². The van der Waals surface area contributed by atoms with Crippen LogP contribution in [0.4, 0.5) is 0 Å². The molecule has 0 fully saturated rings. The molecule has 1 heterocycles. The van der Waals surface area contributed by atoms with Gasteiger partial charge in [0.1, 0.15) is 0 Å². The van der Waals surface area contributed by atoms with Crippen molar-refractivity contribution >= 4 is 11.3 Å². The first-order valence-corrected chi connectivity index (χ1v) is 3.95. The van der Waals surface area contributed by atoms with Gasteiger partial charge in [-0.1, -0.05) is 0 Å². The van der Waals surface area contributed by atoms with Crippen LogP contribution in [-0.4, -0.2) is 4.98 Å². The minimum Gasteiger partial charge on any atom is -0.253 e. The Morgan fingerprint density at radius 1 is 1.50 bits per heavy atom. The fraction of sp³-hybridized carbons (Fsp3) is 0. The minimum atomic E-state index is -2.00. The van der Waals surface area contributed by atoms with Crippen molar-refractivity contribution < 1.29 is 25.7 Å². The number of nitrogens with zero attached hydrogens (tertiary/aromatic N) is 1. The van der Waals surface area contributed by atoms with Crippen LogP contribution in [0.5, 0.6) is 0 Å². The second kappa shape index (κ2) is 6.94. The molecule has 0 saturated carbocycles. The van der Waals surface area contributed by atoms with E-state index in [1.54, 1.807) is 23.0 Å². The molecule has 1 rings (SSSR count). The smallest absolute Gasteiger partial charge is 0.0791 e. The molecule has 0 aliphatic carbocycles. The van der Waals surface area contributed by atoms with E-state index in [0.29, 0.717) is 0 Å². The van der Waals surface area contributed by atoms with Gasteiger partial charge in [-0.15, -0.1) is 11.3 Å². The third-order valence-electron chi connectivity index (χ3n) is 0.347. The van der Waals surface area contributed by atoms with Crippen molar-refractivity contribution in [3.63, 3.8) is 0 Å². The quantitative estimate of drug-likeness (QED) is 0.536. The second-order valence-corrected chi connectivity index (χ2v) is 1.77. The van der Waals surface area contributed by atoms with E-state index in [0.717, 1.165) is 0 Å². The molecule has 8 heavy (non-hydrogen) atoms. The predicted octanol–water partition coefficient (Wildman–Crippen LogP) is 0.903. The average molecular weight is 165 g/mol. The third-order valence-corrected chi connectivity index (χ3v) is 0.869. The summed E-state index contributed by atoms with van der Waals surface area (Å²) in [6, 6.07) is 0. The molecule has 42 valence electrons. The van der Waals surface area contributed by atoms with E-state index in [1.165, 1.54) is 0 Å². The molecule has 0 radical (unpaired) electrons. The summed E-state index contributed by atoms with van der Waals surface area (Å²) in [6.45, 7) is 0. The fourth-order valence-corrected chi connectivity index (χ4v) is 0.527. The van der Waals surface area contributed by atoms with Gasteiger partial charge in [-0.05, 0) is 0 Å². The van der Waals surface area contributed by atoms with E-state index in [9.17, 15) is 0 Å². The van der Waals surface area contributed by atoms with Crippen LogP contribution >= 0.6 is 11.3 Å². The number of thiazole rings is 1. The maximum atomic E-state index is 8.50. The molecular weight excluding hydrogens is 162 g/mol. The van der Waals surface area contributed by atoms with E-state index in [4.69, 9.17) is 6.65 Å². The first-order chi connectivity index (χ1) is 3.91. The zero-order valence-electron chi connectivity index (χ0n) is 3.90. The van der Waals surface area contributed by atoms with E-state index in [2.05, 4.69) is 4.98 Å². The summed E-state index contributed by atoms with van der Waals surface area (Å²) in [5, 5.41) is 1.93. The number of hydrogen-bond acceptors (Lipinski definition) is 4. The van der Waals surface area contributed by atoms with Crippen molar-refractivity contribution in [2.45, 2.75) is 0 Å². The summed E-state index contributed by atoms with van der Waals surface area (Å²) in [5.41, 5.74) is 1.79. The van der Waals surface area contributed by atoms with E-state index in [1.807, 2.05) is 5.38 Å². The molecule has 0 atom stereocenters. The minimum absolute atomic E-state index is 1.60. The second-order valence-electron chi connectivity index (χ2n) is 0.759. The Hall–Kier alpha value is -0.0557. The van der Waals surface area contributed by atoms with Crippen molar-refractivity contribution in [2.24, 2.45) is 0 Å². The van der Waals surface area contributed by atoms with Gasteiger partial charge in [-0.2, -0.15) is 0 Å². The standard InChI is InChI=1S/C3H3NS.2O.Ti/c1-2-5-3-4-1;;;/h1-3H;;;. The van der Waals surface area contributed by atoms with E-state index < -0.39 is 19.1 Å². The van der Waals surface area contributed by atoms with Gasteiger partial charge in [-0.3, -0.25) is 4.98 Å². The Labute approximate surface area is 59.3 Å². The topological polar surface area (TPSA) is 47.0 Å². The summed E-state index contributed by atoms with van der Waals surface area (Å²) >= 11 is -0.398. The zero-order valence-corrected chi connectivity index (χ0v) is 6.28. The molecule has 3 nitrogen and oxygen atoms in total. The molecule has 1 aromatic heterocycles. The van der Waals surface area contributed by atoms with E-state index >= 15 is 0 Å². The van der Waals surface area contributed by atoms with Gasteiger partial charge in [0.15, 0.2) is 0 Å². The summed E-state index contributed by atoms with van der Waals surface area (Å²) in [4.78, 5) is 3.74. The van der Waals surface area contributed by atoms with Crippen LogP contribution in [0, 0.1) is 0 Å². The van der Waals surface area contributed by atoms with Crippen molar-refractivity contribution in [3.05, 3.63) is 17.1 Å². The number of hydrogen-bond donors (Lipinski definition) is 0. The Balaban J connectivity index is 0.000000145. The Bertz CT molecular complexity index is 129.